The van der Waals surface area contributed by atoms with E-state index in [1.807, 2.05) is 0 Å². The first-order chi connectivity index (χ1) is 9.24. The predicted octanol–water partition coefficient (Wildman–Crippen LogP) is 0.636. The number of hydrogen-bond acceptors (Lipinski definition) is 5. The largest absolute Gasteiger partial charge is 0.464 e. The van der Waals surface area contributed by atoms with Crippen LogP contribution in [-0.4, -0.2) is 60.1 Å². The van der Waals surface area contributed by atoms with Crippen LogP contribution in [0.1, 0.15) is 26.2 Å². The zero-order chi connectivity index (χ0) is 13.7. The minimum atomic E-state index is -0.407. The van der Waals surface area contributed by atoms with Gasteiger partial charge in [-0.2, -0.15) is 11.8 Å². The van der Waals surface area contributed by atoms with Crippen LogP contribution in [0.3, 0.4) is 0 Å². The van der Waals surface area contributed by atoms with Gasteiger partial charge in [0.25, 0.3) is 0 Å². The third-order valence-corrected chi connectivity index (χ3v) is 4.60. The average Bonchev–Trinajstić information content (AvgIpc) is 2.47. The van der Waals surface area contributed by atoms with Crippen LogP contribution in [0.15, 0.2) is 0 Å². The highest BCUT2D eigenvalue weighted by molar-refractivity contribution is 7.99. The highest BCUT2D eigenvalue weighted by atomic mass is 32.2. The smallest absolute Gasteiger partial charge is 0.329 e. The first-order valence-electron chi connectivity index (χ1n) is 7.02. The number of hydrogen-bond donors (Lipinski definition) is 1. The maximum Gasteiger partial charge on any atom is 0.329 e. The fourth-order valence-corrected chi connectivity index (χ4v) is 3.60. The first-order valence-corrected chi connectivity index (χ1v) is 8.17. The Bertz CT molecular complexity index is 332. The quantitative estimate of drug-likeness (QED) is 0.771. The number of thioether (sulfide) groups is 1. The Hall–Kier alpha value is -0.750. The van der Waals surface area contributed by atoms with Gasteiger partial charge in [-0.05, 0) is 26.3 Å². The average molecular weight is 286 g/mol. The second-order valence-electron chi connectivity index (χ2n) is 4.88. The van der Waals surface area contributed by atoms with Crippen LogP contribution in [0.25, 0.3) is 0 Å². The van der Waals surface area contributed by atoms with Crippen molar-refractivity contribution in [1.29, 1.82) is 0 Å². The number of esters is 1. The summed E-state index contributed by atoms with van der Waals surface area (Å²) in [6.45, 7) is 3.70. The van der Waals surface area contributed by atoms with Crippen LogP contribution in [0.2, 0.25) is 0 Å². The van der Waals surface area contributed by atoms with Crippen LogP contribution in [0.5, 0.6) is 0 Å². The molecule has 1 N–H and O–H groups in total. The molecule has 0 radical (unpaired) electrons. The highest BCUT2D eigenvalue weighted by Crippen LogP contribution is 2.20. The van der Waals surface area contributed by atoms with Crippen LogP contribution >= 0.6 is 11.8 Å². The molecule has 0 spiro atoms. The summed E-state index contributed by atoms with van der Waals surface area (Å²) in [5.41, 5.74) is 0. The van der Waals surface area contributed by atoms with Gasteiger partial charge in [0, 0.05) is 18.1 Å². The normalized spacial score (nSPS) is 27.9. The Morgan fingerprint density at radius 3 is 2.95 bits per heavy atom. The molecule has 0 saturated carbocycles. The molecule has 0 bridgehead atoms. The van der Waals surface area contributed by atoms with Crippen LogP contribution < -0.4 is 5.32 Å². The lowest BCUT2D eigenvalue weighted by Gasteiger charge is -2.37. The number of rotatable bonds is 3. The maximum absolute atomic E-state index is 12.5. The van der Waals surface area contributed by atoms with E-state index < -0.39 is 6.04 Å². The molecule has 2 fully saturated rings. The summed E-state index contributed by atoms with van der Waals surface area (Å²) in [5, 5.41) is 3.26. The molecule has 6 heteroatoms. The molecule has 0 aromatic carbocycles. The van der Waals surface area contributed by atoms with Gasteiger partial charge in [0.15, 0.2) is 0 Å². The molecule has 2 heterocycles. The summed E-state index contributed by atoms with van der Waals surface area (Å²) in [5.74, 6) is 1.35. The number of nitrogens with zero attached hydrogens (tertiary/aromatic N) is 1. The Morgan fingerprint density at radius 1 is 1.42 bits per heavy atom. The third kappa shape index (κ3) is 3.63. The molecule has 0 aromatic rings. The van der Waals surface area contributed by atoms with Gasteiger partial charge in [-0.25, -0.2) is 4.79 Å². The summed E-state index contributed by atoms with van der Waals surface area (Å²) in [4.78, 5) is 26.2. The summed E-state index contributed by atoms with van der Waals surface area (Å²) in [6.07, 6.45) is 3.08. The molecule has 0 aliphatic carbocycles. The molecule has 5 nitrogen and oxygen atoms in total. The fraction of sp³-hybridized carbons (Fsp3) is 0.846. The highest BCUT2D eigenvalue weighted by Gasteiger charge is 2.36. The summed E-state index contributed by atoms with van der Waals surface area (Å²) in [7, 11) is 0. The first kappa shape index (κ1) is 14.7. The number of nitrogens with one attached hydrogen (secondary N) is 1. The lowest BCUT2D eigenvalue weighted by atomic mass is 10.0. The summed E-state index contributed by atoms with van der Waals surface area (Å²) in [6, 6.07) is -0.524. The second-order valence-corrected chi connectivity index (χ2v) is 6.03. The number of amides is 1. The van der Waals surface area contributed by atoms with E-state index in [2.05, 4.69) is 5.32 Å². The maximum atomic E-state index is 12.5. The second kappa shape index (κ2) is 7.14. The van der Waals surface area contributed by atoms with Gasteiger partial charge < -0.3 is 15.0 Å². The molecule has 2 saturated heterocycles. The van der Waals surface area contributed by atoms with E-state index >= 15 is 0 Å². The molecule has 1 unspecified atom stereocenters. The van der Waals surface area contributed by atoms with E-state index in [4.69, 9.17) is 4.74 Å². The van der Waals surface area contributed by atoms with Crippen molar-refractivity contribution in [3.63, 3.8) is 0 Å². The molecule has 1 amide bonds. The van der Waals surface area contributed by atoms with Crippen LogP contribution in [0.4, 0.5) is 0 Å². The molecule has 2 atom stereocenters. The van der Waals surface area contributed by atoms with Gasteiger partial charge >= 0.3 is 5.97 Å². The zero-order valence-electron chi connectivity index (χ0n) is 11.4. The van der Waals surface area contributed by atoms with Crippen molar-refractivity contribution in [2.24, 2.45) is 0 Å². The van der Waals surface area contributed by atoms with Gasteiger partial charge in [0.2, 0.25) is 5.91 Å². The SMILES string of the molecule is CCOC(=O)C1CSCCN1C(=O)[C@H]1CCCCN1. The molecular weight excluding hydrogens is 264 g/mol. The number of carbonyl (C=O) groups excluding carboxylic acids is 2. The Morgan fingerprint density at radius 2 is 2.26 bits per heavy atom. The molecule has 2 aliphatic rings. The van der Waals surface area contributed by atoms with E-state index in [1.54, 1.807) is 23.6 Å². The van der Waals surface area contributed by atoms with E-state index in [-0.39, 0.29) is 17.9 Å². The van der Waals surface area contributed by atoms with Gasteiger partial charge in [-0.3, -0.25) is 4.79 Å². The molecule has 2 rings (SSSR count). The molecular formula is C13H22N2O3S. The van der Waals surface area contributed by atoms with Crippen molar-refractivity contribution in [1.82, 2.24) is 10.2 Å². The van der Waals surface area contributed by atoms with Crippen molar-refractivity contribution in [2.75, 3.05) is 31.2 Å². The summed E-state index contributed by atoms with van der Waals surface area (Å²) >= 11 is 1.71. The van der Waals surface area contributed by atoms with Crippen molar-refractivity contribution in [2.45, 2.75) is 38.3 Å². The number of ether oxygens (including phenoxy) is 1. The Labute approximate surface area is 118 Å². The standard InChI is InChI=1S/C13H22N2O3S/c1-2-18-13(17)11-9-19-8-7-15(11)12(16)10-5-3-4-6-14-10/h10-11,14H,2-9H2,1H3/t10-,11?/m1/s1. The van der Waals surface area contributed by atoms with E-state index in [9.17, 15) is 9.59 Å². The molecule has 108 valence electrons. The van der Waals surface area contributed by atoms with Crippen LogP contribution in [0, 0.1) is 0 Å². The van der Waals surface area contributed by atoms with E-state index in [0.29, 0.717) is 18.9 Å². The zero-order valence-corrected chi connectivity index (χ0v) is 12.2. The lowest BCUT2D eigenvalue weighted by molar-refractivity contribution is -0.154. The Kier molecular flexibility index (Phi) is 5.51. The molecule has 2 aliphatic heterocycles. The van der Waals surface area contributed by atoms with Crippen molar-refractivity contribution >= 4 is 23.6 Å². The minimum absolute atomic E-state index is 0.0676. The molecule has 0 aromatic heterocycles. The van der Waals surface area contributed by atoms with Crippen LogP contribution in [-0.2, 0) is 14.3 Å². The van der Waals surface area contributed by atoms with Crippen molar-refractivity contribution < 1.29 is 14.3 Å². The van der Waals surface area contributed by atoms with E-state index in [1.165, 1.54) is 0 Å². The third-order valence-electron chi connectivity index (χ3n) is 3.58. The predicted molar refractivity (Wildman–Crippen MR) is 75.1 cm³/mol. The fourth-order valence-electron chi connectivity index (χ4n) is 2.56. The van der Waals surface area contributed by atoms with Crippen molar-refractivity contribution in [3.05, 3.63) is 0 Å². The monoisotopic (exact) mass is 286 g/mol. The number of piperidine rings is 1. The van der Waals surface area contributed by atoms with E-state index in [0.717, 1.165) is 31.6 Å². The summed E-state index contributed by atoms with van der Waals surface area (Å²) < 4.78 is 5.08. The van der Waals surface area contributed by atoms with Gasteiger partial charge in [0.1, 0.15) is 6.04 Å². The topological polar surface area (TPSA) is 58.6 Å². The number of carbonyl (C=O) groups is 2. The minimum Gasteiger partial charge on any atom is -0.464 e. The van der Waals surface area contributed by atoms with Gasteiger partial charge in [-0.15, -0.1) is 0 Å². The van der Waals surface area contributed by atoms with Crippen molar-refractivity contribution in [3.8, 4) is 0 Å². The Balaban J connectivity index is 2.01. The molecule has 19 heavy (non-hydrogen) atoms. The van der Waals surface area contributed by atoms with Gasteiger partial charge in [-0.1, -0.05) is 6.42 Å². The van der Waals surface area contributed by atoms with Gasteiger partial charge in [0.05, 0.1) is 12.6 Å². The lowest BCUT2D eigenvalue weighted by Crippen LogP contribution is -2.57.